The highest BCUT2D eigenvalue weighted by Crippen LogP contribution is 2.23. The summed E-state index contributed by atoms with van der Waals surface area (Å²) in [6, 6.07) is 12.3. The number of carbonyl (C=O) groups excluding carboxylic acids is 1. The van der Waals surface area contributed by atoms with Gasteiger partial charge in [0, 0.05) is 0 Å². The number of amides is 1. The Bertz CT molecular complexity index is 957. The second-order valence-corrected chi connectivity index (χ2v) is 9.09. The van der Waals surface area contributed by atoms with Gasteiger partial charge in [0.15, 0.2) is 0 Å². The number of benzene rings is 2. The Hall–Kier alpha value is -2.54. The molecule has 0 spiro atoms. The smallest absolute Gasteiger partial charge is 0.244 e. The number of anilines is 1. The van der Waals surface area contributed by atoms with Crippen LogP contribution in [0.2, 0.25) is 0 Å². The molecule has 1 N–H and O–H groups in total. The van der Waals surface area contributed by atoms with Crippen LogP contribution < -0.4 is 14.4 Å². The van der Waals surface area contributed by atoms with E-state index in [0.717, 1.165) is 28.7 Å². The first-order valence-electron chi connectivity index (χ1n) is 9.67. The van der Waals surface area contributed by atoms with Crippen LogP contribution in [-0.2, 0) is 14.8 Å². The number of hydrogen-bond donors (Lipinski definition) is 1. The normalized spacial score (nSPS) is 12.3. The first-order chi connectivity index (χ1) is 13.6. The first kappa shape index (κ1) is 22.7. The molecule has 0 aromatic heterocycles. The number of nitrogens with one attached hydrogen (secondary N) is 1. The van der Waals surface area contributed by atoms with Crippen molar-refractivity contribution in [2.75, 3.05) is 23.7 Å². The molecule has 6 nitrogen and oxygen atoms in total. The number of nitrogens with zero attached hydrogens (tertiary/aromatic N) is 1. The largest absolute Gasteiger partial charge is 0.491 e. The summed E-state index contributed by atoms with van der Waals surface area (Å²) < 4.78 is 31.9. The fraction of sp³-hybridized carbons (Fsp3) is 0.409. The quantitative estimate of drug-likeness (QED) is 0.634. The fourth-order valence-electron chi connectivity index (χ4n) is 3.14. The maximum absolute atomic E-state index is 12.8. The summed E-state index contributed by atoms with van der Waals surface area (Å²) in [6.07, 6.45) is 1.47. The molecule has 0 heterocycles. The SMILES string of the molecule is CCC(C(=O)NCCOc1cc(C)ccc1C)N(c1cccc(C)c1)S(C)(=O)=O. The molecule has 0 fully saturated rings. The van der Waals surface area contributed by atoms with Gasteiger partial charge in [-0.2, -0.15) is 0 Å². The van der Waals surface area contributed by atoms with Crippen molar-refractivity contribution in [1.29, 1.82) is 0 Å². The highest BCUT2D eigenvalue weighted by atomic mass is 32.2. The highest BCUT2D eigenvalue weighted by molar-refractivity contribution is 7.92. The lowest BCUT2D eigenvalue weighted by atomic mass is 10.1. The van der Waals surface area contributed by atoms with Crippen LogP contribution in [0.4, 0.5) is 5.69 Å². The topological polar surface area (TPSA) is 75.7 Å². The van der Waals surface area contributed by atoms with Crippen molar-refractivity contribution >= 4 is 21.6 Å². The summed E-state index contributed by atoms with van der Waals surface area (Å²) in [4.78, 5) is 12.8. The van der Waals surface area contributed by atoms with Crippen molar-refractivity contribution in [2.45, 2.75) is 40.2 Å². The predicted octanol–water partition coefficient (Wildman–Crippen LogP) is 3.35. The molecule has 2 aromatic rings. The van der Waals surface area contributed by atoms with Gasteiger partial charge in [-0.05, 0) is 62.1 Å². The molecule has 0 saturated heterocycles. The average molecular weight is 419 g/mol. The van der Waals surface area contributed by atoms with Gasteiger partial charge in [0.1, 0.15) is 18.4 Å². The van der Waals surface area contributed by atoms with Gasteiger partial charge in [-0.1, -0.05) is 31.2 Å². The zero-order valence-electron chi connectivity index (χ0n) is 17.7. The highest BCUT2D eigenvalue weighted by Gasteiger charge is 2.31. The summed E-state index contributed by atoms with van der Waals surface area (Å²) in [7, 11) is -3.63. The molecule has 29 heavy (non-hydrogen) atoms. The third-order valence-corrected chi connectivity index (χ3v) is 5.77. The molecule has 2 rings (SSSR count). The van der Waals surface area contributed by atoms with Gasteiger partial charge in [-0.25, -0.2) is 8.42 Å². The van der Waals surface area contributed by atoms with Crippen LogP contribution >= 0.6 is 0 Å². The van der Waals surface area contributed by atoms with Crippen molar-refractivity contribution < 1.29 is 17.9 Å². The van der Waals surface area contributed by atoms with E-state index in [9.17, 15) is 13.2 Å². The fourth-order valence-corrected chi connectivity index (χ4v) is 4.34. The number of sulfonamides is 1. The molecule has 0 radical (unpaired) electrons. The maximum Gasteiger partial charge on any atom is 0.244 e. The van der Waals surface area contributed by atoms with Crippen LogP contribution in [-0.4, -0.2) is 39.8 Å². The molecule has 1 amide bonds. The van der Waals surface area contributed by atoms with Gasteiger partial charge in [0.05, 0.1) is 18.5 Å². The van der Waals surface area contributed by atoms with Crippen molar-refractivity contribution in [3.63, 3.8) is 0 Å². The molecular formula is C22H30N2O4S. The van der Waals surface area contributed by atoms with E-state index >= 15 is 0 Å². The third-order valence-electron chi connectivity index (χ3n) is 4.59. The van der Waals surface area contributed by atoms with Gasteiger partial charge in [-0.3, -0.25) is 9.10 Å². The van der Waals surface area contributed by atoms with Crippen LogP contribution in [0.25, 0.3) is 0 Å². The molecular weight excluding hydrogens is 388 g/mol. The maximum atomic E-state index is 12.8. The molecule has 7 heteroatoms. The van der Waals surface area contributed by atoms with Crippen LogP contribution in [0.5, 0.6) is 5.75 Å². The van der Waals surface area contributed by atoms with Crippen LogP contribution in [0, 0.1) is 20.8 Å². The molecule has 0 aliphatic rings. The van der Waals surface area contributed by atoms with Crippen molar-refractivity contribution in [2.24, 2.45) is 0 Å². The Labute approximate surface area is 173 Å². The van der Waals surface area contributed by atoms with E-state index in [-0.39, 0.29) is 12.5 Å². The molecule has 1 atom stereocenters. The minimum absolute atomic E-state index is 0.286. The number of hydrogen-bond acceptors (Lipinski definition) is 4. The average Bonchev–Trinajstić information content (AvgIpc) is 2.64. The van der Waals surface area contributed by atoms with E-state index in [1.807, 2.05) is 45.0 Å². The minimum atomic E-state index is -3.63. The van der Waals surface area contributed by atoms with Crippen LogP contribution in [0.15, 0.2) is 42.5 Å². The Morgan fingerprint density at radius 3 is 2.41 bits per heavy atom. The van der Waals surface area contributed by atoms with Crippen molar-refractivity contribution in [3.8, 4) is 5.75 Å². The van der Waals surface area contributed by atoms with Gasteiger partial charge in [0.2, 0.25) is 15.9 Å². The van der Waals surface area contributed by atoms with E-state index < -0.39 is 16.1 Å². The summed E-state index contributed by atoms with van der Waals surface area (Å²) in [5.74, 6) is 0.438. The van der Waals surface area contributed by atoms with Gasteiger partial charge >= 0.3 is 0 Å². The Morgan fingerprint density at radius 1 is 1.10 bits per heavy atom. The molecule has 0 saturated carbocycles. The lowest BCUT2D eigenvalue weighted by Gasteiger charge is -2.30. The number of carbonyl (C=O) groups is 1. The zero-order chi connectivity index (χ0) is 21.6. The number of rotatable bonds is 9. The molecule has 0 aliphatic heterocycles. The summed E-state index contributed by atoms with van der Waals surface area (Å²) in [5, 5.41) is 2.80. The molecule has 1 unspecified atom stereocenters. The van der Waals surface area contributed by atoms with Gasteiger partial charge < -0.3 is 10.1 Å². The molecule has 0 aliphatic carbocycles. The summed E-state index contributed by atoms with van der Waals surface area (Å²) in [5.41, 5.74) is 3.54. The van der Waals surface area contributed by atoms with E-state index in [2.05, 4.69) is 5.32 Å². The van der Waals surface area contributed by atoms with Gasteiger partial charge in [-0.15, -0.1) is 0 Å². The molecule has 2 aromatic carbocycles. The second kappa shape index (κ2) is 9.78. The first-order valence-corrected chi connectivity index (χ1v) is 11.5. The van der Waals surface area contributed by atoms with E-state index in [4.69, 9.17) is 4.74 Å². The van der Waals surface area contributed by atoms with E-state index in [0.29, 0.717) is 18.7 Å². The Balaban J connectivity index is 2.06. The summed E-state index contributed by atoms with van der Waals surface area (Å²) in [6.45, 7) is 8.22. The van der Waals surface area contributed by atoms with Gasteiger partial charge in [0.25, 0.3) is 0 Å². The van der Waals surface area contributed by atoms with E-state index in [1.54, 1.807) is 25.1 Å². The standard InChI is InChI=1S/C22H30N2O4S/c1-6-20(24(29(5,26)27)19-9-7-8-16(2)14-19)22(25)23-12-13-28-21-15-17(3)10-11-18(21)4/h7-11,14-15,20H,6,12-13H2,1-5H3,(H,23,25). The van der Waals surface area contributed by atoms with Crippen molar-refractivity contribution in [1.82, 2.24) is 5.32 Å². The van der Waals surface area contributed by atoms with E-state index in [1.165, 1.54) is 4.31 Å². The van der Waals surface area contributed by atoms with Crippen LogP contribution in [0.1, 0.15) is 30.0 Å². The lowest BCUT2D eigenvalue weighted by molar-refractivity contribution is -0.122. The lowest BCUT2D eigenvalue weighted by Crippen LogP contribution is -2.50. The zero-order valence-corrected chi connectivity index (χ0v) is 18.5. The predicted molar refractivity (Wildman–Crippen MR) is 117 cm³/mol. The molecule has 158 valence electrons. The number of aryl methyl sites for hydroxylation is 3. The Kier molecular flexibility index (Phi) is 7.67. The number of ether oxygens (including phenoxy) is 1. The third kappa shape index (κ3) is 6.22. The van der Waals surface area contributed by atoms with Crippen LogP contribution in [0.3, 0.4) is 0 Å². The second-order valence-electron chi connectivity index (χ2n) is 7.23. The van der Waals surface area contributed by atoms with Crippen molar-refractivity contribution in [3.05, 3.63) is 59.2 Å². The summed E-state index contributed by atoms with van der Waals surface area (Å²) >= 11 is 0. The molecule has 0 bridgehead atoms. The monoisotopic (exact) mass is 418 g/mol. The minimum Gasteiger partial charge on any atom is -0.491 e. The Morgan fingerprint density at radius 2 is 1.79 bits per heavy atom.